The molecule has 0 atom stereocenters. The smallest absolute Gasteiger partial charge is 0.342 e. The molecule has 4 aromatic rings. The van der Waals surface area contributed by atoms with E-state index in [0.29, 0.717) is 20.8 Å². The van der Waals surface area contributed by atoms with Crippen molar-refractivity contribution in [2.24, 2.45) is 5.10 Å². The van der Waals surface area contributed by atoms with Crippen LogP contribution in [0.3, 0.4) is 0 Å². The molecule has 0 aliphatic heterocycles. The molecule has 0 spiro atoms. The molecule has 2 N–H and O–H groups in total. The molecule has 0 aliphatic rings. The summed E-state index contributed by atoms with van der Waals surface area (Å²) in [6, 6.07) is 20.9. The highest BCUT2D eigenvalue weighted by atomic mass is 35.5. The molecular formula is C23H17Cl2N5O2S. The van der Waals surface area contributed by atoms with Crippen molar-refractivity contribution in [2.75, 3.05) is 5.75 Å². The van der Waals surface area contributed by atoms with Crippen LogP contribution in [0.1, 0.15) is 5.56 Å². The lowest BCUT2D eigenvalue weighted by molar-refractivity contribution is -0.625. The molecule has 33 heavy (non-hydrogen) atoms. The Morgan fingerprint density at radius 3 is 2.48 bits per heavy atom. The van der Waals surface area contributed by atoms with Crippen molar-refractivity contribution in [1.82, 2.24) is 15.6 Å². The molecule has 1 amide bonds. The predicted molar refractivity (Wildman–Crippen MR) is 128 cm³/mol. The van der Waals surface area contributed by atoms with Gasteiger partial charge in [0.2, 0.25) is 0 Å². The first kappa shape index (κ1) is 22.8. The largest absolute Gasteiger partial charge is 0.872 e. The highest BCUT2D eigenvalue weighted by Crippen LogP contribution is 2.22. The Kier molecular flexibility index (Phi) is 7.29. The van der Waals surface area contributed by atoms with E-state index in [1.165, 1.54) is 30.1 Å². The van der Waals surface area contributed by atoms with Gasteiger partial charge in [0, 0.05) is 10.0 Å². The highest BCUT2D eigenvalue weighted by Gasteiger charge is 2.24. The van der Waals surface area contributed by atoms with Gasteiger partial charge in [0.25, 0.3) is 11.7 Å². The molecule has 3 aromatic carbocycles. The van der Waals surface area contributed by atoms with Gasteiger partial charge < -0.3 is 5.11 Å². The molecule has 1 aromatic heterocycles. The minimum atomic E-state index is -0.312. The Hall–Kier alpha value is -3.33. The van der Waals surface area contributed by atoms with Crippen molar-refractivity contribution in [2.45, 2.75) is 5.16 Å². The van der Waals surface area contributed by atoms with E-state index in [4.69, 9.17) is 23.2 Å². The number of halogens is 2. The monoisotopic (exact) mass is 497 g/mol. The number of thioether (sulfide) groups is 1. The number of H-pyrrole nitrogens is 1. The van der Waals surface area contributed by atoms with Gasteiger partial charge in [-0.05, 0) is 65.9 Å². The van der Waals surface area contributed by atoms with E-state index in [1.807, 2.05) is 28.8 Å². The predicted octanol–water partition coefficient (Wildman–Crippen LogP) is 3.98. The number of nitrogens with zero attached hydrogens (tertiary/aromatic N) is 3. The lowest BCUT2D eigenvalue weighted by Crippen LogP contribution is -2.34. The number of hydrazone groups is 1. The van der Waals surface area contributed by atoms with Crippen LogP contribution < -0.4 is 15.1 Å². The molecule has 4 rings (SSSR count). The number of rotatable bonds is 7. The van der Waals surface area contributed by atoms with Crippen molar-refractivity contribution >= 4 is 47.1 Å². The summed E-state index contributed by atoms with van der Waals surface area (Å²) in [6.45, 7) is 0. The zero-order valence-corrected chi connectivity index (χ0v) is 19.4. The third-order valence-electron chi connectivity index (χ3n) is 4.47. The molecule has 166 valence electrons. The summed E-state index contributed by atoms with van der Waals surface area (Å²) in [5, 5.41) is 24.5. The van der Waals surface area contributed by atoms with E-state index in [-0.39, 0.29) is 17.4 Å². The zero-order chi connectivity index (χ0) is 23.2. The second-order valence-electron chi connectivity index (χ2n) is 6.83. The highest BCUT2D eigenvalue weighted by molar-refractivity contribution is 7.99. The van der Waals surface area contributed by atoms with Gasteiger partial charge in [-0.3, -0.25) is 4.79 Å². The van der Waals surface area contributed by atoms with Crippen LogP contribution in [0.25, 0.3) is 17.1 Å². The average molecular weight is 498 g/mol. The second kappa shape index (κ2) is 10.5. The van der Waals surface area contributed by atoms with Crippen LogP contribution in [0, 0.1) is 0 Å². The summed E-state index contributed by atoms with van der Waals surface area (Å²) in [4.78, 5) is 12.3. The summed E-state index contributed by atoms with van der Waals surface area (Å²) in [5.41, 5.74) is 4.78. The quantitative estimate of drug-likeness (QED) is 0.174. The zero-order valence-electron chi connectivity index (χ0n) is 17.0. The maximum absolute atomic E-state index is 12.3. The van der Waals surface area contributed by atoms with Crippen LogP contribution >= 0.6 is 35.0 Å². The van der Waals surface area contributed by atoms with Crippen LogP contribution in [0.2, 0.25) is 10.0 Å². The van der Waals surface area contributed by atoms with E-state index >= 15 is 0 Å². The van der Waals surface area contributed by atoms with Gasteiger partial charge in [-0.25, -0.2) is 5.43 Å². The van der Waals surface area contributed by atoms with Gasteiger partial charge >= 0.3 is 5.16 Å². The molecule has 0 bridgehead atoms. The number of aromatic nitrogens is 3. The third kappa shape index (κ3) is 5.92. The standard InChI is InChI=1S/C23H17Cl2N5O2S/c24-17-6-4-16(5-7-17)22-28-29-23(30(22)19-10-8-18(25)9-11-19)33-14-21(32)27-26-13-15-2-1-3-20(31)12-15/h1-13H,14H2,(H2,27,31,32). The molecule has 0 radical (unpaired) electrons. The topological polar surface area (TPSA) is 97.1 Å². The Morgan fingerprint density at radius 2 is 1.79 bits per heavy atom. The summed E-state index contributed by atoms with van der Waals surface area (Å²) < 4.78 is 1.90. The van der Waals surface area contributed by atoms with Gasteiger partial charge in [-0.1, -0.05) is 47.5 Å². The molecule has 0 fully saturated rings. The van der Waals surface area contributed by atoms with Crippen molar-refractivity contribution in [3.63, 3.8) is 0 Å². The first-order chi connectivity index (χ1) is 16.0. The Labute approximate surface area is 204 Å². The lowest BCUT2D eigenvalue weighted by Gasteiger charge is -2.05. The Morgan fingerprint density at radius 1 is 1.09 bits per heavy atom. The van der Waals surface area contributed by atoms with Gasteiger partial charge in [0.05, 0.1) is 22.6 Å². The molecule has 0 aliphatic carbocycles. The molecule has 0 saturated carbocycles. The third-order valence-corrected chi connectivity index (χ3v) is 5.91. The van der Waals surface area contributed by atoms with Crippen molar-refractivity contribution in [3.05, 3.63) is 88.4 Å². The Bertz CT molecular complexity index is 1290. The fourth-order valence-electron chi connectivity index (χ4n) is 2.96. The number of carbonyl (C=O) groups is 1. The molecule has 1 heterocycles. The van der Waals surface area contributed by atoms with E-state index in [1.54, 1.807) is 36.4 Å². The van der Waals surface area contributed by atoms with E-state index < -0.39 is 0 Å². The Balaban J connectivity index is 1.51. The van der Waals surface area contributed by atoms with Crippen LogP contribution in [-0.2, 0) is 4.79 Å². The molecule has 10 heteroatoms. The average Bonchev–Trinajstić information content (AvgIpc) is 3.23. The summed E-state index contributed by atoms with van der Waals surface area (Å²) in [5.74, 6) is 0.375. The summed E-state index contributed by atoms with van der Waals surface area (Å²) >= 11 is 13.3. The number of aromatic amines is 1. The summed E-state index contributed by atoms with van der Waals surface area (Å²) in [6.07, 6.45) is 1.42. The maximum Gasteiger partial charge on any atom is 0.342 e. The SMILES string of the molecule is O=C(CSc1n[nH]c(-c2ccc(Cl)cc2)[n+]1-c1ccc(Cl)cc1)NN=Cc1cccc([O-])c1. The number of carbonyl (C=O) groups excluding carboxylic acids is 1. The molecular weight excluding hydrogens is 481 g/mol. The van der Waals surface area contributed by atoms with Gasteiger partial charge in [0.1, 0.15) is 5.69 Å². The minimum Gasteiger partial charge on any atom is -0.872 e. The van der Waals surface area contributed by atoms with E-state index in [0.717, 1.165) is 17.1 Å². The number of amides is 1. The van der Waals surface area contributed by atoms with Crippen molar-refractivity contribution < 1.29 is 14.5 Å². The van der Waals surface area contributed by atoms with Crippen LogP contribution in [0.15, 0.2) is 83.1 Å². The lowest BCUT2D eigenvalue weighted by atomic mass is 10.2. The van der Waals surface area contributed by atoms with Crippen molar-refractivity contribution in [1.29, 1.82) is 0 Å². The number of hydrogen-bond donors (Lipinski definition) is 2. The number of hydrogen-bond acceptors (Lipinski definition) is 5. The second-order valence-corrected chi connectivity index (χ2v) is 8.64. The minimum absolute atomic E-state index is 0.0808. The first-order valence-electron chi connectivity index (χ1n) is 9.74. The molecule has 0 saturated heterocycles. The molecule has 7 nitrogen and oxygen atoms in total. The normalized spacial score (nSPS) is 11.1. The fourth-order valence-corrected chi connectivity index (χ4v) is 3.97. The van der Waals surface area contributed by atoms with Crippen LogP contribution in [-0.4, -0.2) is 28.1 Å². The van der Waals surface area contributed by atoms with Gasteiger partial charge in [-0.2, -0.15) is 9.67 Å². The van der Waals surface area contributed by atoms with Crippen molar-refractivity contribution in [3.8, 4) is 22.8 Å². The first-order valence-corrected chi connectivity index (χ1v) is 11.5. The van der Waals surface area contributed by atoms with E-state index in [9.17, 15) is 9.90 Å². The summed E-state index contributed by atoms with van der Waals surface area (Å²) in [7, 11) is 0. The van der Waals surface area contributed by atoms with Crippen LogP contribution in [0.5, 0.6) is 5.75 Å². The van der Waals surface area contributed by atoms with E-state index in [2.05, 4.69) is 20.7 Å². The number of benzene rings is 3. The fraction of sp³-hybridized carbons (Fsp3) is 0.0435. The number of nitrogens with one attached hydrogen (secondary N) is 2. The maximum atomic E-state index is 12.3. The van der Waals surface area contributed by atoms with Gasteiger partial charge in [-0.15, -0.1) is 10.8 Å². The van der Waals surface area contributed by atoms with Gasteiger partial charge in [0.15, 0.2) is 0 Å². The molecule has 0 unspecified atom stereocenters. The van der Waals surface area contributed by atoms with Crippen LogP contribution in [0.4, 0.5) is 0 Å².